The molecule has 0 unspecified atom stereocenters. The van der Waals surface area contributed by atoms with E-state index in [-0.39, 0.29) is 0 Å². The molecule has 0 radical (unpaired) electrons. The van der Waals surface area contributed by atoms with Crippen molar-refractivity contribution < 1.29 is 18.7 Å². The molecule has 0 heterocycles. The van der Waals surface area contributed by atoms with Crippen LogP contribution in [0.25, 0.3) is 0 Å². The molecule has 3 N–H and O–H groups in total. The normalized spacial score (nSPS) is 12.8. The van der Waals surface area contributed by atoms with E-state index in [0.717, 1.165) is 12.3 Å². The van der Waals surface area contributed by atoms with Crippen molar-refractivity contribution in [2.24, 2.45) is 10.7 Å². The van der Waals surface area contributed by atoms with E-state index in [1.807, 2.05) is 0 Å². The topological polar surface area (TPSA) is 75.7 Å². The molecule has 0 spiro atoms. The molecule has 0 saturated carbocycles. The lowest BCUT2D eigenvalue weighted by atomic mass is 10.3. The van der Waals surface area contributed by atoms with Crippen molar-refractivity contribution >= 4 is 11.7 Å². The fourth-order valence-electron chi connectivity index (χ4n) is 0.450. The summed E-state index contributed by atoms with van der Waals surface area (Å²) in [6, 6.07) is 0. The molecular weight excluding hydrogens is 170 g/mol. The lowest BCUT2D eigenvalue weighted by Gasteiger charge is -1.94. The summed E-state index contributed by atoms with van der Waals surface area (Å²) >= 11 is 0. The predicted molar refractivity (Wildman–Crippen MR) is 39.3 cm³/mol. The van der Waals surface area contributed by atoms with Crippen LogP contribution in [-0.4, -0.2) is 29.8 Å². The second-order valence-electron chi connectivity index (χ2n) is 1.78. The number of aliphatic imine (C=N–C) groups is 1. The Labute approximate surface area is 67.4 Å². The van der Waals surface area contributed by atoms with Gasteiger partial charge >= 0.3 is 5.97 Å². The Hall–Kier alpha value is -1.46. The van der Waals surface area contributed by atoms with Crippen LogP contribution in [0, 0.1) is 0 Å². The Morgan fingerprint density at radius 3 is 2.58 bits per heavy atom. The maximum absolute atomic E-state index is 11.5. The molecule has 0 bridgehead atoms. The molecule has 68 valence electrons. The predicted octanol–water partition coefficient (Wildman–Crippen LogP) is 0.249. The summed E-state index contributed by atoms with van der Waals surface area (Å²) in [4.78, 5) is 13.3. The standard InChI is InChI=1S/C6H8F2N2O2/c7-5(8)3-10-4(1-2-9)6(11)12/h1-2,5H,3,9H2,(H,11,12). The van der Waals surface area contributed by atoms with Crippen molar-refractivity contribution in [3.8, 4) is 0 Å². The molecule has 0 saturated heterocycles. The first-order valence-electron chi connectivity index (χ1n) is 3.02. The fraction of sp³-hybridized carbons (Fsp3) is 0.333. The van der Waals surface area contributed by atoms with Gasteiger partial charge in [0.25, 0.3) is 6.43 Å². The van der Waals surface area contributed by atoms with Gasteiger partial charge in [-0.15, -0.1) is 0 Å². The van der Waals surface area contributed by atoms with Crippen LogP contribution >= 0.6 is 0 Å². The third-order valence-electron chi connectivity index (χ3n) is 0.873. The Morgan fingerprint density at radius 2 is 2.25 bits per heavy atom. The smallest absolute Gasteiger partial charge is 0.354 e. The van der Waals surface area contributed by atoms with E-state index < -0.39 is 24.7 Å². The number of carboxylic acid groups (broad SMARTS) is 1. The van der Waals surface area contributed by atoms with Gasteiger partial charge in [-0.25, -0.2) is 13.6 Å². The number of carbonyl (C=O) groups is 1. The highest BCUT2D eigenvalue weighted by atomic mass is 19.3. The molecule has 0 fully saturated rings. The van der Waals surface area contributed by atoms with E-state index in [1.54, 1.807) is 0 Å². The van der Waals surface area contributed by atoms with Crippen molar-refractivity contribution in [1.82, 2.24) is 0 Å². The van der Waals surface area contributed by atoms with Gasteiger partial charge in [0.1, 0.15) is 12.3 Å². The molecule has 0 aliphatic heterocycles. The van der Waals surface area contributed by atoms with Gasteiger partial charge in [-0.1, -0.05) is 0 Å². The first-order chi connectivity index (χ1) is 5.57. The van der Waals surface area contributed by atoms with Gasteiger partial charge in [0.05, 0.1) is 0 Å². The molecule has 0 aromatic heterocycles. The molecule has 0 rings (SSSR count). The minimum absolute atomic E-state index is 0.474. The van der Waals surface area contributed by atoms with Crippen molar-refractivity contribution in [3.05, 3.63) is 12.3 Å². The van der Waals surface area contributed by atoms with Crippen LogP contribution in [0.3, 0.4) is 0 Å². The summed E-state index contributed by atoms with van der Waals surface area (Å²) in [5.74, 6) is -1.38. The monoisotopic (exact) mass is 178 g/mol. The summed E-state index contributed by atoms with van der Waals surface area (Å²) in [7, 11) is 0. The van der Waals surface area contributed by atoms with Crippen molar-refractivity contribution in [1.29, 1.82) is 0 Å². The first kappa shape index (κ1) is 10.5. The summed E-state index contributed by atoms with van der Waals surface area (Å²) in [5, 5.41) is 8.33. The average Bonchev–Trinajstić information content (AvgIpc) is 1.96. The van der Waals surface area contributed by atoms with Gasteiger partial charge in [-0.3, -0.25) is 4.99 Å². The Kier molecular flexibility index (Phi) is 4.59. The zero-order chi connectivity index (χ0) is 9.56. The summed E-state index contributed by atoms with van der Waals surface area (Å²) < 4.78 is 23.1. The van der Waals surface area contributed by atoms with Crippen LogP contribution in [0.4, 0.5) is 8.78 Å². The van der Waals surface area contributed by atoms with Gasteiger partial charge in [0.2, 0.25) is 0 Å². The van der Waals surface area contributed by atoms with E-state index >= 15 is 0 Å². The number of carboxylic acids is 1. The van der Waals surface area contributed by atoms with E-state index in [0.29, 0.717) is 0 Å². The number of alkyl halides is 2. The van der Waals surface area contributed by atoms with Crippen LogP contribution in [0.2, 0.25) is 0 Å². The first-order valence-corrected chi connectivity index (χ1v) is 3.02. The molecule has 0 aliphatic rings. The highest BCUT2D eigenvalue weighted by Crippen LogP contribution is 1.93. The van der Waals surface area contributed by atoms with E-state index in [1.165, 1.54) is 0 Å². The van der Waals surface area contributed by atoms with Crippen molar-refractivity contribution in [2.75, 3.05) is 6.54 Å². The Bertz CT molecular complexity index is 214. The van der Waals surface area contributed by atoms with Gasteiger partial charge in [-0.2, -0.15) is 0 Å². The molecule has 0 aromatic carbocycles. The molecule has 0 amide bonds. The lowest BCUT2D eigenvalue weighted by Crippen LogP contribution is -2.12. The van der Waals surface area contributed by atoms with Crippen LogP contribution < -0.4 is 5.73 Å². The van der Waals surface area contributed by atoms with Crippen LogP contribution in [-0.2, 0) is 4.79 Å². The van der Waals surface area contributed by atoms with E-state index in [4.69, 9.17) is 10.8 Å². The number of aliphatic carboxylic acids is 1. The molecule has 4 nitrogen and oxygen atoms in total. The minimum Gasteiger partial charge on any atom is -0.477 e. The quantitative estimate of drug-likeness (QED) is 0.606. The third kappa shape index (κ3) is 4.37. The summed E-state index contributed by atoms with van der Waals surface area (Å²) in [6.07, 6.45) is -0.770. The number of nitrogens with zero attached hydrogens (tertiary/aromatic N) is 1. The van der Waals surface area contributed by atoms with Gasteiger partial charge < -0.3 is 10.8 Å². The third-order valence-corrected chi connectivity index (χ3v) is 0.873. The molecule has 0 aliphatic carbocycles. The second kappa shape index (κ2) is 5.22. The summed E-state index contributed by atoms with van der Waals surface area (Å²) in [5.41, 5.74) is 4.39. The maximum atomic E-state index is 11.5. The van der Waals surface area contributed by atoms with E-state index in [9.17, 15) is 13.6 Å². The molecule has 0 aromatic rings. The SMILES string of the molecule is NC=CC(=NCC(F)F)C(=O)O. The minimum atomic E-state index is -2.65. The number of halogens is 2. The number of rotatable bonds is 4. The number of nitrogens with two attached hydrogens (primary N) is 1. The molecular formula is C6H8F2N2O2. The van der Waals surface area contributed by atoms with Crippen LogP contribution in [0.15, 0.2) is 17.3 Å². The average molecular weight is 178 g/mol. The van der Waals surface area contributed by atoms with E-state index in [2.05, 4.69) is 4.99 Å². The largest absolute Gasteiger partial charge is 0.477 e. The number of hydrogen-bond donors (Lipinski definition) is 2. The Balaban J connectivity index is 4.29. The maximum Gasteiger partial charge on any atom is 0.354 e. The molecule has 6 heteroatoms. The fourth-order valence-corrected chi connectivity index (χ4v) is 0.450. The van der Waals surface area contributed by atoms with Crippen molar-refractivity contribution in [3.63, 3.8) is 0 Å². The lowest BCUT2D eigenvalue weighted by molar-refractivity contribution is -0.129. The molecule has 0 atom stereocenters. The number of hydrogen-bond acceptors (Lipinski definition) is 3. The van der Waals surface area contributed by atoms with Crippen LogP contribution in [0.1, 0.15) is 0 Å². The van der Waals surface area contributed by atoms with Crippen LogP contribution in [0.5, 0.6) is 0 Å². The van der Waals surface area contributed by atoms with Gasteiger partial charge in [-0.05, 0) is 12.3 Å². The second-order valence-corrected chi connectivity index (χ2v) is 1.78. The van der Waals surface area contributed by atoms with Gasteiger partial charge in [0.15, 0.2) is 0 Å². The highest BCUT2D eigenvalue weighted by molar-refractivity contribution is 6.40. The van der Waals surface area contributed by atoms with Gasteiger partial charge in [0, 0.05) is 0 Å². The zero-order valence-electron chi connectivity index (χ0n) is 6.08. The Morgan fingerprint density at radius 1 is 1.67 bits per heavy atom. The molecule has 12 heavy (non-hydrogen) atoms. The van der Waals surface area contributed by atoms with Crippen molar-refractivity contribution in [2.45, 2.75) is 6.43 Å². The zero-order valence-corrected chi connectivity index (χ0v) is 6.08. The highest BCUT2D eigenvalue weighted by Gasteiger charge is 2.06. The summed E-state index contributed by atoms with van der Waals surface area (Å²) in [6.45, 7) is -0.827.